The Kier molecular flexibility index (Phi) is 17.1. The molecule has 0 amide bonds. The van der Waals surface area contributed by atoms with E-state index in [-0.39, 0.29) is 30.9 Å². The fraction of sp³-hybridized carbons (Fsp3) is 0.656. The van der Waals surface area contributed by atoms with E-state index in [1.807, 2.05) is 6.08 Å². The number of benzene rings is 1. The molecule has 0 saturated carbocycles. The van der Waals surface area contributed by atoms with Gasteiger partial charge in [0.1, 0.15) is 12.9 Å². The monoisotopic (exact) mass is 530 g/mol. The topological polar surface area (TPSA) is 78.9 Å². The first-order valence-electron chi connectivity index (χ1n) is 14.3. The fourth-order valence-corrected chi connectivity index (χ4v) is 4.38. The Bertz CT molecular complexity index is 873. The summed E-state index contributed by atoms with van der Waals surface area (Å²) in [5.41, 5.74) is 1.63. The number of methoxy groups -OCH3 is 1. The number of carbonyl (C=O) groups is 3. The number of hydrogen-bond acceptors (Lipinski definition) is 6. The van der Waals surface area contributed by atoms with Crippen molar-refractivity contribution in [3.05, 3.63) is 35.4 Å². The van der Waals surface area contributed by atoms with E-state index in [4.69, 9.17) is 14.2 Å². The van der Waals surface area contributed by atoms with Crippen molar-refractivity contribution in [3.8, 4) is 11.5 Å². The van der Waals surface area contributed by atoms with Crippen molar-refractivity contribution < 1.29 is 28.6 Å². The average molecular weight is 531 g/mol. The fourth-order valence-electron chi connectivity index (χ4n) is 4.38. The Balaban J connectivity index is 2.18. The third-order valence-electron chi connectivity index (χ3n) is 6.90. The van der Waals surface area contributed by atoms with Gasteiger partial charge in [0.25, 0.3) is 0 Å². The highest BCUT2D eigenvalue weighted by molar-refractivity contribution is 5.80. The van der Waals surface area contributed by atoms with Crippen LogP contribution in [0, 0.1) is 17.8 Å². The Morgan fingerprint density at radius 1 is 0.816 bits per heavy atom. The largest absolute Gasteiger partial charge is 0.493 e. The van der Waals surface area contributed by atoms with Crippen LogP contribution in [0.1, 0.15) is 116 Å². The van der Waals surface area contributed by atoms with Gasteiger partial charge in [0.05, 0.1) is 20.0 Å². The molecule has 0 radical (unpaired) electrons. The van der Waals surface area contributed by atoms with Gasteiger partial charge in [-0.25, -0.2) is 0 Å². The van der Waals surface area contributed by atoms with E-state index in [0.717, 1.165) is 30.6 Å². The number of esters is 2. The quantitative estimate of drug-likeness (QED) is 0.0733. The SMILES string of the molecule is COc1cc(C=O)ccc1OC(=O)CCC(=O)OC/C=C(\C)CCC[C@H](C)CCC[C@H](C)CCCC(C)C. The summed E-state index contributed by atoms with van der Waals surface area (Å²) in [6.45, 7) is 11.6. The maximum absolute atomic E-state index is 12.1. The number of aldehydes is 1. The van der Waals surface area contributed by atoms with Crippen molar-refractivity contribution in [1.29, 1.82) is 0 Å². The van der Waals surface area contributed by atoms with E-state index in [1.165, 1.54) is 75.8 Å². The number of ether oxygens (including phenoxy) is 3. The average Bonchev–Trinajstić information content (AvgIpc) is 2.87. The molecule has 1 aromatic rings. The molecule has 0 aromatic heterocycles. The number of allylic oxidation sites excluding steroid dienone is 1. The lowest BCUT2D eigenvalue weighted by molar-refractivity contribution is -0.146. The molecule has 38 heavy (non-hydrogen) atoms. The van der Waals surface area contributed by atoms with Crippen LogP contribution in [0.4, 0.5) is 0 Å². The molecule has 0 unspecified atom stereocenters. The molecule has 1 aromatic carbocycles. The van der Waals surface area contributed by atoms with Gasteiger partial charge in [-0.3, -0.25) is 14.4 Å². The van der Waals surface area contributed by atoms with E-state index in [1.54, 1.807) is 0 Å². The van der Waals surface area contributed by atoms with Gasteiger partial charge in [0.15, 0.2) is 11.5 Å². The molecule has 214 valence electrons. The lowest BCUT2D eigenvalue weighted by Crippen LogP contribution is -2.13. The summed E-state index contributed by atoms with van der Waals surface area (Å²) in [5.74, 6) is 1.87. The van der Waals surface area contributed by atoms with Crippen LogP contribution in [-0.4, -0.2) is 31.9 Å². The first kappa shape index (κ1) is 33.4. The number of carbonyl (C=O) groups excluding carboxylic acids is 3. The van der Waals surface area contributed by atoms with Crippen LogP contribution < -0.4 is 9.47 Å². The third-order valence-corrected chi connectivity index (χ3v) is 6.90. The molecule has 6 heteroatoms. The molecule has 1 rings (SSSR count). The van der Waals surface area contributed by atoms with Crippen molar-refractivity contribution >= 4 is 18.2 Å². The minimum absolute atomic E-state index is 0.0612. The first-order chi connectivity index (χ1) is 18.1. The zero-order valence-electron chi connectivity index (χ0n) is 24.6. The van der Waals surface area contributed by atoms with Gasteiger partial charge < -0.3 is 14.2 Å². The van der Waals surface area contributed by atoms with Crippen LogP contribution in [0.25, 0.3) is 0 Å². The van der Waals surface area contributed by atoms with Crippen LogP contribution in [0.3, 0.4) is 0 Å². The van der Waals surface area contributed by atoms with Crippen molar-refractivity contribution in [2.45, 2.75) is 105 Å². The Labute approximate surface area is 230 Å². The van der Waals surface area contributed by atoms with Crippen molar-refractivity contribution in [3.63, 3.8) is 0 Å². The van der Waals surface area contributed by atoms with Gasteiger partial charge >= 0.3 is 11.9 Å². The normalized spacial score (nSPS) is 13.2. The van der Waals surface area contributed by atoms with Crippen LogP contribution in [0.5, 0.6) is 11.5 Å². The highest BCUT2D eigenvalue weighted by Crippen LogP contribution is 2.28. The van der Waals surface area contributed by atoms with Gasteiger partial charge in [0, 0.05) is 5.56 Å². The van der Waals surface area contributed by atoms with Crippen LogP contribution in [-0.2, 0) is 14.3 Å². The number of hydrogen-bond donors (Lipinski definition) is 0. The van der Waals surface area contributed by atoms with Gasteiger partial charge in [-0.15, -0.1) is 0 Å². The highest BCUT2D eigenvalue weighted by Gasteiger charge is 2.13. The summed E-state index contributed by atoms with van der Waals surface area (Å²) >= 11 is 0. The second kappa shape index (κ2) is 19.4. The van der Waals surface area contributed by atoms with E-state index in [2.05, 4.69) is 34.6 Å². The van der Waals surface area contributed by atoms with Gasteiger partial charge in [-0.05, 0) is 61.8 Å². The van der Waals surface area contributed by atoms with Crippen molar-refractivity contribution in [1.82, 2.24) is 0 Å². The predicted octanol–water partition coefficient (Wildman–Crippen LogP) is 8.12. The van der Waals surface area contributed by atoms with Crippen LogP contribution in [0.2, 0.25) is 0 Å². The molecule has 6 nitrogen and oxygen atoms in total. The Hall–Kier alpha value is -2.63. The molecule has 0 fully saturated rings. The predicted molar refractivity (Wildman–Crippen MR) is 153 cm³/mol. The summed E-state index contributed by atoms with van der Waals surface area (Å²) in [6, 6.07) is 4.50. The second-order valence-corrected chi connectivity index (χ2v) is 11.1. The lowest BCUT2D eigenvalue weighted by atomic mass is 9.91. The molecule has 0 heterocycles. The Morgan fingerprint density at radius 2 is 1.42 bits per heavy atom. The maximum Gasteiger partial charge on any atom is 0.311 e. The summed E-state index contributed by atoms with van der Waals surface area (Å²) in [6.07, 6.45) is 13.9. The molecule has 2 atom stereocenters. The van der Waals surface area contributed by atoms with E-state index in [0.29, 0.717) is 11.8 Å². The minimum Gasteiger partial charge on any atom is -0.493 e. The zero-order chi connectivity index (χ0) is 28.3. The first-order valence-corrected chi connectivity index (χ1v) is 14.3. The van der Waals surface area contributed by atoms with Crippen molar-refractivity contribution in [2.75, 3.05) is 13.7 Å². The standard InChI is InChI=1S/C32H50O6/c1-24(2)10-7-11-25(3)12-8-13-26(4)14-9-15-27(5)20-21-37-31(34)18-19-32(35)38-29-17-16-28(23-33)22-30(29)36-6/h16-17,20,22-26H,7-15,18-19,21H2,1-6H3/b27-20+/t25-,26-/m1/s1. The summed E-state index contributed by atoms with van der Waals surface area (Å²) in [4.78, 5) is 35.0. The molecule has 0 saturated heterocycles. The zero-order valence-corrected chi connectivity index (χ0v) is 24.6. The highest BCUT2D eigenvalue weighted by atomic mass is 16.6. The number of rotatable bonds is 20. The third kappa shape index (κ3) is 15.6. The van der Waals surface area contributed by atoms with Gasteiger partial charge in [0.2, 0.25) is 0 Å². The molecule has 0 aliphatic carbocycles. The molecule has 0 bridgehead atoms. The molecule has 0 aliphatic rings. The molecule has 0 aliphatic heterocycles. The summed E-state index contributed by atoms with van der Waals surface area (Å²) in [7, 11) is 1.42. The van der Waals surface area contributed by atoms with Gasteiger partial charge in [-0.2, -0.15) is 0 Å². The second-order valence-electron chi connectivity index (χ2n) is 11.1. The lowest BCUT2D eigenvalue weighted by Gasteiger charge is -2.15. The molecular weight excluding hydrogens is 480 g/mol. The minimum atomic E-state index is -0.569. The molecule has 0 N–H and O–H groups in total. The summed E-state index contributed by atoms with van der Waals surface area (Å²) in [5, 5.41) is 0. The van der Waals surface area contributed by atoms with Crippen LogP contribution >= 0.6 is 0 Å². The Morgan fingerprint density at radius 3 is 2.03 bits per heavy atom. The van der Waals surface area contributed by atoms with E-state index in [9.17, 15) is 14.4 Å². The maximum atomic E-state index is 12.1. The molecule has 0 spiro atoms. The van der Waals surface area contributed by atoms with Gasteiger partial charge in [-0.1, -0.05) is 78.2 Å². The van der Waals surface area contributed by atoms with Crippen molar-refractivity contribution in [2.24, 2.45) is 17.8 Å². The van der Waals surface area contributed by atoms with E-state index >= 15 is 0 Å². The van der Waals surface area contributed by atoms with Crippen LogP contribution in [0.15, 0.2) is 29.8 Å². The molecular formula is C32H50O6. The smallest absolute Gasteiger partial charge is 0.311 e. The van der Waals surface area contributed by atoms with E-state index < -0.39 is 11.9 Å². The summed E-state index contributed by atoms with van der Waals surface area (Å²) < 4.78 is 15.6.